The predicted molar refractivity (Wildman–Crippen MR) is 131 cm³/mol. The van der Waals surface area contributed by atoms with Gasteiger partial charge in [0.25, 0.3) is 0 Å². The first-order chi connectivity index (χ1) is 17.5. The molecule has 0 aromatic heterocycles. The smallest absolute Gasteiger partial charge is 0.240 e. The van der Waals surface area contributed by atoms with E-state index in [1.54, 1.807) is 30.3 Å². The lowest BCUT2D eigenvalue weighted by Gasteiger charge is -2.35. The van der Waals surface area contributed by atoms with Crippen molar-refractivity contribution in [2.45, 2.75) is 19.0 Å². The van der Waals surface area contributed by atoms with E-state index in [9.17, 15) is 14.4 Å². The Labute approximate surface area is 207 Å². The highest BCUT2D eigenvalue weighted by molar-refractivity contribution is 6.24. The van der Waals surface area contributed by atoms with Crippen LogP contribution in [-0.4, -0.2) is 35.3 Å². The molecule has 2 amide bonds. The fraction of sp³-hybridized carbons (Fsp3) is 0.207. The number of aryl methyl sites for hydroxylation is 1. The monoisotopic (exact) mass is 478 g/mol. The average Bonchev–Trinajstić information content (AvgIpc) is 3.57. The fourth-order valence-corrected chi connectivity index (χ4v) is 6.03. The SMILES string of the molecule is Cc1ccc(N2C(=O)[C@@H]3[C@H](C2=O)[C@H]2c4ccccc4C=CN2[C@H]3C(=O)c2ccc3c(c2)OCO3)cc1. The van der Waals surface area contributed by atoms with Gasteiger partial charge in [0.15, 0.2) is 17.3 Å². The maximum atomic E-state index is 14.0. The summed E-state index contributed by atoms with van der Waals surface area (Å²) in [5.74, 6) is -1.23. The molecular formula is C29H22N2O5. The highest BCUT2D eigenvalue weighted by Crippen LogP contribution is 2.53. The number of fused-ring (bicyclic) bond motifs is 6. The number of carbonyl (C=O) groups is 3. The van der Waals surface area contributed by atoms with Crippen molar-refractivity contribution < 1.29 is 23.9 Å². The first kappa shape index (κ1) is 20.9. The lowest BCUT2D eigenvalue weighted by atomic mass is 9.83. The van der Waals surface area contributed by atoms with E-state index in [1.165, 1.54) is 4.90 Å². The summed E-state index contributed by atoms with van der Waals surface area (Å²) in [5, 5.41) is 0. The molecule has 0 spiro atoms. The van der Waals surface area contributed by atoms with Gasteiger partial charge in [-0.3, -0.25) is 14.4 Å². The van der Waals surface area contributed by atoms with Gasteiger partial charge < -0.3 is 14.4 Å². The molecule has 0 radical (unpaired) electrons. The van der Waals surface area contributed by atoms with Crippen LogP contribution >= 0.6 is 0 Å². The zero-order valence-electron chi connectivity index (χ0n) is 19.5. The topological polar surface area (TPSA) is 76.2 Å². The number of hydrogen-bond donors (Lipinski definition) is 0. The van der Waals surface area contributed by atoms with E-state index in [0.29, 0.717) is 22.7 Å². The Balaban J connectivity index is 1.36. The molecule has 4 aliphatic rings. The summed E-state index contributed by atoms with van der Waals surface area (Å²) in [7, 11) is 0. The zero-order chi connectivity index (χ0) is 24.6. The highest BCUT2D eigenvalue weighted by atomic mass is 16.7. The van der Waals surface area contributed by atoms with E-state index in [-0.39, 0.29) is 24.4 Å². The minimum Gasteiger partial charge on any atom is -0.454 e. The number of ketones is 1. The third-order valence-electron chi connectivity index (χ3n) is 7.68. The summed E-state index contributed by atoms with van der Waals surface area (Å²) < 4.78 is 10.9. The average molecular weight is 479 g/mol. The van der Waals surface area contributed by atoms with E-state index in [4.69, 9.17) is 9.47 Å². The summed E-state index contributed by atoms with van der Waals surface area (Å²) >= 11 is 0. The van der Waals surface area contributed by atoms with Gasteiger partial charge in [0.05, 0.1) is 23.6 Å². The molecule has 178 valence electrons. The van der Waals surface area contributed by atoms with Crippen molar-refractivity contribution in [2.75, 3.05) is 11.7 Å². The number of anilines is 1. The van der Waals surface area contributed by atoms with E-state index in [2.05, 4.69) is 0 Å². The largest absolute Gasteiger partial charge is 0.454 e. The molecule has 0 N–H and O–H groups in total. The van der Waals surface area contributed by atoms with Crippen molar-refractivity contribution in [1.29, 1.82) is 0 Å². The molecule has 0 bridgehead atoms. The Hall–Kier alpha value is -4.39. The molecule has 36 heavy (non-hydrogen) atoms. The lowest BCUT2D eigenvalue weighted by Crippen LogP contribution is -2.44. The van der Waals surface area contributed by atoms with E-state index >= 15 is 0 Å². The third kappa shape index (κ3) is 2.83. The molecule has 7 heteroatoms. The number of hydrogen-bond acceptors (Lipinski definition) is 6. The van der Waals surface area contributed by atoms with Crippen LogP contribution in [0.25, 0.3) is 6.08 Å². The lowest BCUT2D eigenvalue weighted by molar-refractivity contribution is -0.123. The first-order valence-corrected chi connectivity index (χ1v) is 12.0. The van der Waals surface area contributed by atoms with Gasteiger partial charge in [0.1, 0.15) is 6.04 Å². The first-order valence-electron chi connectivity index (χ1n) is 12.0. The summed E-state index contributed by atoms with van der Waals surface area (Å²) in [6.45, 7) is 2.06. The van der Waals surface area contributed by atoms with Crippen LogP contribution in [0.3, 0.4) is 0 Å². The number of benzene rings is 3. The van der Waals surface area contributed by atoms with E-state index < -0.39 is 23.9 Å². The summed E-state index contributed by atoms with van der Waals surface area (Å²) in [4.78, 5) is 45.1. The maximum absolute atomic E-state index is 14.0. The van der Waals surface area contributed by atoms with Crippen molar-refractivity contribution in [3.8, 4) is 11.5 Å². The molecule has 7 rings (SSSR count). The number of nitrogens with zero attached hydrogens (tertiary/aromatic N) is 2. The number of imide groups is 1. The normalized spacial score (nSPS) is 25.1. The van der Waals surface area contributed by atoms with Crippen LogP contribution < -0.4 is 14.4 Å². The number of amides is 2. The van der Waals surface area contributed by atoms with Crippen molar-refractivity contribution >= 4 is 29.4 Å². The van der Waals surface area contributed by atoms with Gasteiger partial charge in [-0.1, -0.05) is 42.0 Å². The minimum absolute atomic E-state index is 0.104. The Morgan fingerprint density at radius 1 is 0.889 bits per heavy atom. The quantitative estimate of drug-likeness (QED) is 0.416. The standard InChI is InChI=1S/C29H22N2O5/c1-16-6-9-19(10-7-16)31-28(33)23-24(29(31)34)26(27(32)18-8-11-21-22(14-18)36-15-35-21)30-13-12-17-4-2-3-5-20(17)25(23)30/h2-14,23-26H,15H2,1H3/t23-,24+,25+,26+/m0/s1. The van der Waals surface area contributed by atoms with Gasteiger partial charge in [-0.25, -0.2) is 4.90 Å². The van der Waals surface area contributed by atoms with Crippen LogP contribution in [0.1, 0.15) is 33.1 Å². The number of Topliss-reactive ketones (excluding diaryl/α,β-unsaturated/α-hetero) is 1. The molecule has 2 fully saturated rings. The molecule has 3 aromatic rings. The number of ether oxygens (including phenoxy) is 2. The minimum atomic E-state index is -0.822. The zero-order valence-corrected chi connectivity index (χ0v) is 19.5. The molecule has 2 saturated heterocycles. The third-order valence-corrected chi connectivity index (χ3v) is 7.68. The van der Waals surface area contributed by atoms with Gasteiger partial charge in [-0.05, 0) is 54.5 Å². The van der Waals surface area contributed by atoms with Crippen molar-refractivity contribution in [3.05, 3.63) is 95.2 Å². The molecule has 0 unspecified atom stereocenters. The molecule has 3 aromatic carbocycles. The maximum Gasteiger partial charge on any atom is 0.240 e. The molecule has 0 saturated carbocycles. The van der Waals surface area contributed by atoms with Gasteiger partial charge in [-0.15, -0.1) is 0 Å². The Bertz CT molecular complexity index is 1480. The van der Waals surface area contributed by atoms with Crippen LogP contribution in [0.5, 0.6) is 11.5 Å². The number of rotatable bonds is 3. The summed E-state index contributed by atoms with van der Waals surface area (Å²) in [6.07, 6.45) is 3.80. The second kappa shape index (κ2) is 7.55. The van der Waals surface area contributed by atoms with Gasteiger partial charge >= 0.3 is 0 Å². The van der Waals surface area contributed by atoms with Gasteiger partial charge in [0.2, 0.25) is 18.6 Å². The molecule has 0 aliphatic carbocycles. The summed E-state index contributed by atoms with van der Waals surface area (Å²) in [5.41, 5.74) is 3.92. The predicted octanol–water partition coefficient (Wildman–Crippen LogP) is 4.12. The molecule has 4 aliphatic heterocycles. The van der Waals surface area contributed by atoms with Crippen LogP contribution in [-0.2, 0) is 9.59 Å². The Morgan fingerprint density at radius 3 is 2.47 bits per heavy atom. The van der Waals surface area contributed by atoms with Crippen LogP contribution in [0.15, 0.2) is 72.9 Å². The van der Waals surface area contributed by atoms with E-state index in [0.717, 1.165) is 16.7 Å². The molecule has 4 atom stereocenters. The van der Waals surface area contributed by atoms with Crippen molar-refractivity contribution in [2.24, 2.45) is 11.8 Å². The van der Waals surface area contributed by atoms with Crippen LogP contribution in [0.4, 0.5) is 5.69 Å². The Kier molecular flexibility index (Phi) is 4.39. The van der Waals surface area contributed by atoms with Crippen LogP contribution in [0, 0.1) is 18.8 Å². The van der Waals surface area contributed by atoms with Gasteiger partial charge in [0, 0.05) is 11.8 Å². The molecular weight excluding hydrogens is 456 g/mol. The second-order valence-electron chi connectivity index (χ2n) is 9.61. The molecule has 4 heterocycles. The highest BCUT2D eigenvalue weighted by Gasteiger charge is 2.64. The van der Waals surface area contributed by atoms with Crippen molar-refractivity contribution in [1.82, 2.24) is 4.90 Å². The van der Waals surface area contributed by atoms with Crippen molar-refractivity contribution in [3.63, 3.8) is 0 Å². The molecule has 7 nitrogen and oxygen atoms in total. The van der Waals surface area contributed by atoms with Crippen LogP contribution in [0.2, 0.25) is 0 Å². The summed E-state index contributed by atoms with van der Waals surface area (Å²) in [6, 6.07) is 19.0. The van der Waals surface area contributed by atoms with E-state index in [1.807, 2.05) is 60.5 Å². The fourth-order valence-electron chi connectivity index (χ4n) is 6.03. The second-order valence-corrected chi connectivity index (χ2v) is 9.61. The number of carbonyl (C=O) groups excluding carboxylic acids is 3. The van der Waals surface area contributed by atoms with Gasteiger partial charge in [-0.2, -0.15) is 0 Å². The Morgan fingerprint density at radius 2 is 1.64 bits per heavy atom.